The van der Waals surface area contributed by atoms with Crippen LogP contribution in [0.4, 0.5) is 22.7 Å². The largest absolute Gasteiger partial charge is 0.490 e. The van der Waals surface area contributed by atoms with E-state index < -0.39 is 22.9 Å². The number of aliphatic hydroxyl groups is 1. The average molecular weight is 546 g/mol. The average Bonchev–Trinajstić information content (AvgIpc) is 3.40. The molecule has 0 saturated heterocycles. The van der Waals surface area contributed by atoms with E-state index in [0.717, 1.165) is 0 Å². The van der Waals surface area contributed by atoms with Gasteiger partial charge in [-0.05, 0) is 53.1 Å². The molecule has 12 heteroatoms. The lowest BCUT2D eigenvalue weighted by Gasteiger charge is -2.29. The van der Waals surface area contributed by atoms with Gasteiger partial charge in [0.25, 0.3) is 5.91 Å². The first kappa shape index (κ1) is 25.8. The monoisotopic (exact) mass is 545 g/mol. The first-order valence-electron chi connectivity index (χ1n) is 11.7. The number of nitro groups is 1. The number of hydrogen-bond donors (Lipinski definition) is 4. The van der Waals surface area contributed by atoms with Gasteiger partial charge in [0.1, 0.15) is 5.41 Å². The van der Waals surface area contributed by atoms with E-state index in [2.05, 4.69) is 15.6 Å². The number of nitrogens with two attached hydrogens (primary N) is 1. The quantitative estimate of drug-likeness (QED) is 0.190. The van der Waals surface area contributed by atoms with Gasteiger partial charge in [0.05, 0.1) is 46.3 Å². The second kappa shape index (κ2) is 10.2. The van der Waals surface area contributed by atoms with Crippen LogP contribution in [0.2, 0.25) is 0 Å². The van der Waals surface area contributed by atoms with Crippen molar-refractivity contribution in [1.82, 2.24) is 4.98 Å². The molecule has 0 fully saturated rings. The number of primary amides is 1. The number of amides is 2. The van der Waals surface area contributed by atoms with Crippen LogP contribution in [0.5, 0.6) is 5.75 Å². The molecule has 198 valence electrons. The van der Waals surface area contributed by atoms with Crippen molar-refractivity contribution in [1.29, 1.82) is 0 Å². The van der Waals surface area contributed by atoms with E-state index in [0.29, 0.717) is 44.3 Å². The minimum absolute atomic E-state index is 0.110. The van der Waals surface area contributed by atoms with Crippen LogP contribution in [0, 0.1) is 10.1 Å². The van der Waals surface area contributed by atoms with Crippen molar-refractivity contribution in [3.8, 4) is 16.9 Å². The molecular formula is C27H23N5O6S. The maximum Gasteiger partial charge on any atom is 0.310 e. The Labute approximate surface area is 226 Å². The molecule has 2 amide bonds. The third-order valence-electron chi connectivity index (χ3n) is 6.74. The molecule has 1 aromatic heterocycles. The number of fused-ring (bicyclic) bond motifs is 2. The topological polar surface area (TPSA) is 170 Å². The Morgan fingerprint density at radius 1 is 1.10 bits per heavy atom. The van der Waals surface area contributed by atoms with E-state index in [9.17, 15) is 24.8 Å². The standard InChI is InChI=1S/C27H23N5O6S/c1-38-23-11-16(3-7-22(23)32(36)37)15-2-5-18-20(10-15)30-19-6-4-17(12-21(19)31-25(18)34)27(14-33,26(28)35)13-24-29-8-9-39-24/h2-12,30,33H,13-14H2,1H3,(H2,28,35)(H,31,34). The number of benzene rings is 3. The van der Waals surface area contributed by atoms with Crippen LogP contribution in [-0.2, 0) is 16.6 Å². The summed E-state index contributed by atoms with van der Waals surface area (Å²) in [6, 6.07) is 14.7. The Balaban J connectivity index is 1.52. The summed E-state index contributed by atoms with van der Waals surface area (Å²) in [6.07, 6.45) is 1.72. The van der Waals surface area contributed by atoms with Gasteiger partial charge in [0.2, 0.25) is 5.91 Å². The predicted molar refractivity (Wildman–Crippen MR) is 147 cm³/mol. The number of nitrogens with one attached hydrogen (secondary N) is 2. The molecule has 3 aromatic carbocycles. The van der Waals surface area contributed by atoms with Crippen LogP contribution in [0.15, 0.2) is 66.2 Å². The lowest BCUT2D eigenvalue weighted by atomic mass is 9.77. The van der Waals surface area contributed by atoms with Gasteiger partial charge in [0, 0.05) is 24.1 Å². The first-order valence-corrected chi connectivity index (χ1v) is 12.6. The number of ether oxygens (including phenoxy) is 1. The van der Waals surface area contributed by atoms with Gasteiger partial charge >= 0.3 is 5.69 Å². The molecule has 2 heterocycles. The van der Waals surface area contributed by atoms with E-state index in [1.807, 2.05) is 0 Å². The minimum atomic E-state index is -1.43. The second-order valence-electron chi connectivity index (χ2n) is 8.95. The fourth-order valence-corrected chi connectivity index (χ4v) is 5.31. The van der Waals surface area contributed by atoms with Crippen molar-refractivity contribution >= 4 is 45.9 Å². The van der Waals surface area contributed by atoms with Crippen molar-refractivity contribution in [2.75, 3.05) is 24.4 Å². The maximum absolute atomic E-state index is 13.2. The summed E-state index contributed by atoms with van der Waals surface area (Å²) in [4.78, 5) is 40.8. The van der Waals surface area contributed by atoms with Crippen molar-refractivity contribution in [2.45, 2.75) is 11.8 Å². The van der Waals surface area contributed by atoms with Gasteiger partial charge < -0.3 is 26.2 Å². The summed E-state index contributed by atoms with van der Waals surface area (Å²) in [6.45, 7) is -0.537. The summed E-state index contributed by atoms with van der Waals surface area (Å²) in [5.41, 5.74) is 7.87. The maximum atomic E-state index is 13.2. The number of aromatic nitrogens is 1. The van der Waals surface area contributed by atoms with Crippen molar-refractivity contribution in [3.05, 3.63) is 92.4 Å². The number of nitro benzene ring substituents is 1. The molecule has 11 nitrogen and oxygen atoms in total. The highest BCUT2D eigenvalue weighted by Gasteiger charge is 2.40. The number of rotatable bonds is 8. The van der Waals surface area contributed by atoms with Crippen LogP contribution in [0.25, 0.3) is 11.1 Å². The molecule has 0 bridgehead atoms. The zero-order chi connectivity index (χ0) is 27.7. The molecular weight excluding hydrogens is 522 g/mol. The van der Waals surface area contributed by atoms with E-state index in [-0.39, 0.29) is 23.8 Å². The summed E-state index contributed by atoms with van der Waals surface area (Å²) >= 11 is 1.35. The van der Waals surface area contributed by atoms with Gasteiger partial charge in [-0.3, -0.25) is 19.7 Å². The van der Waals surface area contributed by atoms with Crippen LogP contribution in [-0.4, -0.2) is 40.5 Å². The Morgan fingerprint density at radius 3 is 2.54 bits per heavy atom. The number of carbonyl (C=O) groups excluding carboxylic acids is 2. The van der Waals surface area contributed by atoms with Gasteiger partial charge in [-0.1, -0.05) is 12.1 Å². The third kappa shape index (κ3) is 4.67. The molecule has 4 aromatic rings. The highest BCUT2D eigenvalue weighted by Crippen LogP contribution is 2.39. The molecule has 1 aliphatic rings. The number of anilines is 3. The van der Waals surface area contributed by atoms with E-state index in [4.69, 9.17) is 10.5 Å². The first-order chi connectivity index (χ1) is 18.8. The molecule has 0 spiro atoms. The van der Waals surface area contributed by atoms with E-state index in [1.165, 1.54) is 24.5 Å². The van der Waals surface area contributed by atoms with Gasteiger partial charge in [-0.15, -0.1) is 11.3 Å². The van der Waals surface area contributed by atoms with E-state index in [1.54, 1.807) is 60.1 Å². The Kier molecular flexibility index (Phi) is 6.73. The van der Waals surface area contributed by atoms with Crippen molar-refractivity contribution < 1.29 is 24.4 Å². The molecule has 39 heavy (non-hydrogen) atoms. The van der Waals surface area contributed by atoms with Crippen LogP contribution < -0.4 is 21.1 Å². The number of carbonyl (C=O) groups is 2. The third-order valence-corrected chi connectivity index (χ3v) is 7.52. The summed E-state index contributed by atoms with van der Waals surface area (Å²) in [5.74, 6) is -0.968. The molecule has 1 unspecified atom stereocenters. The van der Waals surface area contributed by atoms with E-state index >= 15 is 0 Å². The Morgan fingerprint density at radius 2 is 1.87 bits per heavy atom. The molecule has 0 radical (unpaired) electrons. The van der Waals surface area contributed by atoms with Crippen LogP contribution in [0.1, 0.15) is 20.9 Å². The highest BCUT2D eigenvalue weighted by atomic mass is 32.1. The normalized spacial score (nSPS) is 13.6. The van der Waals surface area contributed by atoms with Gasteiger partial charge in [-0.25, -0.2) is 4.98 Å². The highest BCUT2D eigenvalue weighted by molar-refractivity contribution is 7.09. The zero-order valence-corrected chi connectivity index (χ0v) is 21.5. The number of thiazole rings is 1. The molecule has 5 N–H and O–H groups in total. The lowest BCUT2D eigenvalue weighted by Crippen LogP contribution is -2.46. The number of methoxy groups -OCH3 is 1. The molecule has 1 aliphatic heterocycles. The number of hydrogen-bond acceptors (Lipinski definition) is 9. The second-order valence-corrected chi connectivity index (χ2v) is 9.93. The van der Waals surface area contributed by atoms with Gasteiger partial charge in [0.15, 0.2) is 5.75 Å². The molecule has 5 rings (SSSR count). The number of nitrogens with zero attached hydrogens (tertiary/aromatic N) is 2. The molecule has 0 saturated carbocycles. The fourth-order valence-electron chi connectivity index (χ4n) is 4.58. The SMILES string of the molecule is COc1cc(-c2ccc3c(c2)Nc2ccc(C(CO)(Cc4nccs4)C(N)=O)cc2NC3=O)ccc1[N+](=O)[O-]. The van der Waals surface area contributed by atoms with Gasteiger partial charge in [-0.2, -0.15) is 0 Å². The van der Waals surface area contributed by atoms with Crippen LogP contribution >= 0.6 is 11.3 Å². The summed E-state index contributed by atoms with van der Waals surface area (Å²) < 4.78 is 5.19. The molecule has 1 atom stereocenters. The predicted octanol–water partition coefficient (Wildman–Crippen LogP) is 3.99. The summed E-state index contributed by atoms with van der Waals surface area (Å²) in [7, 11) is 1.36. The Hall–Kier alpha value is -4.81. The minimum Gasteiger partial charge on any atom is -0.490 e. The van der Waals surface area contributed by atoms with Crippen LogP contribution in [0.3, 0.4) is 0 Å². The van der Waals surface area contributed by atoms with Crippen molar-refractivity contribution in [2.24, 2.45) is 5.73 Å². The lowest BCUT2D eigenvalue weighted by molar-refractivity contribution is -0.385. The summed E-state index contributed by atoms with van der Waals surface area (Å²) in [5, 5.41) is 30.1. The smallest absolute Gasteiger partial charge is 0.310 e. The zero-order valence-electron chi connectivity index (χ0n) is 20.6. The van der Waals surface area contributed by atoms with Crippen molar-refractivity contribution in [3.63, 3.8) is 0 Å². The number of aliphatic hydroxyl groups excluding tert-OH is 1. The Bertz CT molecular complexity index is 1610. The molecule has 0 aliphatic carbocycles. The fraction of sp³-hybridized carbons (Fsp3) is 0.148.